The van der Waals surface area contributed by atoms with E-state index in [0.717, 1.165) is 42.5 Å². The number of hydrogen-bond acceptors (Lipinski definition) is 10. The summed E-state index contributed by atoms with van der Waals surface area (Å²) < 4.78 is 65.0. The van der Waals surface area contributed by atoms with Crippen LogP contribution in [0.5, 0.6) is 0 Å². The summed E-state index contributed by atoms with van der Waals surface area (Å²) in [5.41, 5.74) is 0.435. The Labute approximate surface area is 226 Å². The highest BCUT2D eigenvalue weighted by Gasteiger charge is 2.46. The number of halogens is 3. The minimum atomic E-state index is -1.61. The Morgan fingerprint density at radius 2 is 1.65 bits per heavy atom. The number of rotatable bonds is 6. The van der Waals surface area contributed by atoms with Gasteiger partial charge in [0.15, 0.2) is 23.2 Å². The summed E-state index contributed by atoms with van der Waals surface area (Å²) in [4.78, 5) is 0. The summed E-state index contributed by atoms with van der Waals surface area (Å²) in [6.07, 6.45) is -0.185. The zero-order valence-electron chi connectivity index (χ0n) is 21.3. The fourth-order valence-corrected chi connectivity index (χ4v) is 5.87. The maximum Gasteiger partial charge on any atom is 0.194 e. The number of hydrogen-bond donors (Lipinski definition) is 3. The van der Waals surface area contributed by atoms with Gasteiger partial charge in [-0.2, -0.15) is 0 Å². The van der Waals surface area contributed by atoms with Gasteiger partial charge in [-0.1, -0.05) is 10.4 Å². The maximum atomic E-state index is 13.7. The van der Waals surface area contributed by atoms with Gasteiger partial charge in [-0.05, 0) is 25.0 Å². The van der Waals surface area contributed by atoms with Crippen LogP contribution in [-0.2, 0) is 20.6 Å². The van der Waals surface area contributed by atoms with Gasteiger partial charge in [0.05, 0.1) is 37.8 Å². The molecule has 0 bridgehead atoms. The van der Waals surface area contributed by atoms with Crippen LogP contribution < -0.4 is 0 Å². The van der Waals surface area contributed by atoms with Gasteiger partial charge < -0.3 is 34.1 Å². The van der Waals surface area contributed by atoms with E-state index in [1.807, 2.05) is 6.07 Å². The highest BCUT2D eigenvalue weighted by atomic mass is 19.2. The average Bonchev–Trinajstić information content (AvgIpc) is 3.72. The van der Waals surface area contributed by atoms with Crippen LogP contribution in [0.2, 0.25) is 0 Å². The molecule has 3 fully saturated rings. The molecule has 6 rings (SSSR count). The van der Waals surface area contributed by atoms with Crippen molar-refractivity contribution in [2.75, 3.05) is 19.8 Å². The minimum Gasteiger partial charge on any atom is -0.394 e. The number of ether oxygens (including phenoxy) is 3. The Kier molecular flexibility index (Phi) is 7.39. The second kappa shape index (κ2) is 10.8. The van der Waals surface area contributed by atoms with Crippen LogP contribution in [0.4, 0.5) is 13.2 Å². The van der Waals surface area contributed by atoms with Gasteiger partial charge in [-0.3, -0.25) is 0 Å². The standard InChI is InChI=1S/C26H29F3N4O7/c27-16-7-14(8-17(28)22(16)29)18-11-33(32-30-18)23-24(35)20(39-21(12-34)25(23)36)10-15-9-19(40-31-15)13-1-3-26(4-2-13)37-5-6-38-26/h7-9,11,13,20-21,23-25,34-36H,1-6,10,12H2/t20-,21-,23-,24+,25+/m1/s1. The Balaban J connectivity index is 1.17. The number of aliphatic hydroxyl groups excluding tert-OH is 3. The van der Waals surface area contributed by atoms with Gasteiger partial charge >= 0.3 is 0 Å². The summed E-state index contributed by atoms with van der Waals surface area (Å²) in [6, 6.07) is 2.23. The third-order valence-electron chi connectivity index (χ3n) is 8.04. The molecular weight excluding hydrogens is 537 g/mol. The van der Waals surface area contributed by atoms with E-state index in [9.17, 15) is 28.5 Å². The first-order valence-electron chi connectivity index (χ1n) is 13.2. The van der Waals surface area contributed by atoms with Crippen LogP contribution in [0.25, 0.3) is 11.3 Å². The van der Waals surface area contributed by atoms with Crippen molar-refractivity contribution in [1.29, 1.82) is 0 Å². The Morgan fingerprint density at radius 3 is 2.33 bits per heavy atom. The van der Waals surface area contributed by atoms with Gasteiger partial charge in [0.2, 0.25) is 0 Å². The topological polar surface area (TPSA) is 145 Å². The molecule has 3 aromatic rings. The molecule has 216 valence electrons. The molecule has 2 aliphatic heterocycles. The summed E-state index contributed by atoms with van der Waals surface area (Å²) >= 11 is 0. The van der Waals surface area contributed by atoms with E-state index in [1.54, 1.807) is 0 Å². The van der Waals surface area contributed by atoms with Crippen molar-refractivity contribution in [2.45, 2.75) is 74.3 Å². The van der Waals surface area contributed by atoms with Crippen molar-refractivity contribution < 1.29 is 47.2 Å². The van der Waals surface area contributed by atoms with E-state index in [-0.39, 0.29) is 23.6 Å². The lowest BCUT2D eigenvalue weighted by molar-refractivity contribution is -0.205. The summed E-state index contributed by atoms with van der Waals surface area (Å²) in [6.45, 7) is 0.657. The van der Waals surface area contributed by atoms with E-state index in [4.69, 9.17) is 18.7 Å². The van der Waals surface area contributed by atoms with Crippen molar-refractivity contribution in [1.82, 2.24) is 20.2 Å². The molecule has 3 N–H and O–H groups in total. The smallest absolute Gasteiger partial charge is 0.194 e. The van der Waals surface area contributed by atoms with Crippen molar-refractivity contribution in [2.24, 2.45) is 0 Å². The molecule has 4 heterocycles. The largest absolute Gasteiger partial charge is 0.394 e. The molecule has 2 saturated heterocycles. The molecule has 2 aromatic heterocycles. The van der Waals surface area contributed by atoms with Crippen molar-refractivity contribution >= 4 is 0 Å². The lowest BCUT2D eigenvalue weighted by Gasteiger charge is -2.42. The van der Waals surface area contributed by atoms with Crippen LogP contribution in [0, 0.1) is 17.5 Å². The first-order chi connectivity index (χ1) is 19.3. The molecule has 1 aliphatic carbocycles. The molecule has 0 amide bonds. The minimum absolute atomic E-state index is 0.00963. The zero-order chi connectivity index (χ0) is 28.0. The molecule has 1 spiro atoms. The van der Waals surface area contributed by atoms with Crippen molar-refractivity contribution in [3.63, 3.8) is 0 Å². The van der Waals surface area contributed by atoms with Gasteiger partial charge in [-0.15, -0.1) is 5.10 Å². The van der Waals surface area contributed by atoms with Crippen LogP contribution in [0.15, 0.2) is 28.9 Å². The first-order valence-corrected chi connectivity index (χ1v) is 13.2. The predicted molar refractivity (Wildman–Crippen MR) is 128 cm³/mol. The third kappa shape index (κ3) is 5.03. The summed E-state index contributed by atoms with van der Waals surface area (Å²) in [7, 11) is 0. The summed E-state index contributed by atoms with van der Waals surface area (Å²) in [5, 5.41) is 43.8. The number of aliphatic hydroxyl groups is 3. The fourth-order valence-electron chi connectivity index (χ4n) is 5.87. The van der Waals surface area contributed by atoms with E-state index in [2.05, 4.69) is 15.5 Å². The molecule has 1 saturated carbocycles. The molecule has 5 atom stereocenters. The molecule has 0 unspecified atom stereocenters. The first kappa shape index (κ1) is 27.3. The normalized spacial score (nSPS) is 28.9. The average molecular weight is 567 g/mol. The van der Waals surface area contributed by atoms with Gasteiger partial charge in [0.25, 0.3) is 0 Å². The quantitative estimate of drug-likeness (QED) is 0.379. The highest BCUT2D eigenvalue weighted by molar-refractivity contribution is 5.57. The lowest BCUT2D eigenvalue weighted by atomic mass is 9.83. The summed E-state index contributed by atoms with van der Waals surface area (Å²) in [5.74, 6) is -4.03. The molecule has 40 heavy (non-hydrogen) atoms. The molecule has 1 aromatic carbocycles. The molecule has 0 radical (unpaired) electrons. The van der Waals surface area contributed by atoms with Crippen LogP contribution in [-0.4, -0.2) is 85.5 Å². The number of nitrogens with zero attached hydrogens (tertiary/aromatic N) is 4. The Bertz CT molecular complexity index is 1310. The number of benzene rings is 1. The van der Waals surface area contributed by atoms with E-state index < -0.39 is 60.3 Å². The van der Waals surface area contributed by atoms with Crippen molar-refractivity contribution in [3.05, 3.63) is 53.3 Å². The number of aromatic nitrogens is 4. The van der Waals surface area contributed by atoms with E-state index in [1.165, 1.54) is 6.20 Å². The van der Waals surface area contributed by atoms with Crippen LogP contribution >= 0.6 is 0 Å². The second-order valence-corrected chi connectivity index (χ2v) is 10.5. The van der Waals surface area contributed by atoms with Gasteiger partial charge in [0.1, 0.15) is 35.8 Å². The molecular formula is C26H29F3N4O7. The Morgan fingerprint density at radius 1 is 0.975 bits per heavy atom. The van der Waals surface area contributed by atoms with Crippen molar-refractivity contribution in [3.8, 4) is 11.3 Å². The monoisotopic (exact) mass is 566 g/mol. The third-order valence-corrected chi connectivity index (χ3v) is 8.04. The van der Waals surface area contributed by atoms with E-state index >= 15 is 0 Å². The SMILES string of the molecule is OC[C@H]1O[C@H](Cc2cc(C3CCC4(CC3)OCCO4)on2)[C@H](O)[C@@H](n2cc(-c3cc(F)c(F)c(F)c3)nn2)[C@H]1O. The van der Waals surface area contributed by atoms with Crippen LogP contribution in [0.3, 0.4) is 0 Å². The fraction of sp³-hybridized carbons (Fsp3) is 0.577. The second-order valence-electron chi connectivity index (χ2n) is 10.5. The van der Waals surface area contributed by atoms with Gasteiger partial charge in [0, 0.05) is 36.8 Å². The zero-order valence-corrected chi connectivity index (χ0v) is 21.3. The van der Waals surface area contributed by atoms with E-state index in [0.29, 0.717) is 24.7 Å². The predicted octanol–water partition coefficient (Wildman–Crippen LogP) is 2.02. The molecule has 14 heteroatoms. The lowest BCUT2D eigenvalue weighted by Crippen LogP contribution is -2.56. The molecule has 3 aliphatic rings. The van der Waals surface area contributed by atoms with Crippen LogP contribution in [0.1, 0.15) is 49.1 Å². The Hall–Kier alpha value is -2.88. The highest BCUT2D eigenvalue weighted by Crippen LogP contribution is 2.42. The molecule has 11 nitrogen and oxygen atoms in total. The van der Waals surface area contributed by atoms with Gasteiger partial charge in [-0.25, -0.2) is 17.9 Å². The maximum absolute atomic E-state index is 13.7.